The maximum atomic E-state index is 13.1. The number of nitrogens with one attached hydrogen (secondary N) is 2. The number of nitrogens with two attached hydrogens (primary N) is 1. The van der Waals surface area contributed by atoms with Crippen molar-refractivity contribution >= 4 is 56.2 Å². The Hall–Kier alpha value is -4.38. The van der Waals surface area contributed by atoms with Crippen molar-refractivity contribution in [1.29, 1.82) is 0 Å². The predicted molar refractivity (Wildman–Crippen MR) is 143 cm³/mol. The van der Waals surface area contributed by atoms with E-state index in [1.54, 1.807) is 48.5 Å². The van der Waals surface area contributed by atoms with Gasteiger partial charge in [-0.15, -0.1) is 0 Å². The van der Waals surface area contributed by atoms with Gasteiger partial charge in [-0.05, 0) is 48.4 Å². The molecule has 2 aliphatic rings. The number of para-hydroxylation sites is 1. The number of carbonyl (C=O) groups is 3. The van der Waals surface area contributed by atoms with E-state index in [-0.39, 0.29) is 18.2 Å². The molecule has 37 heavy (non-hydrogen) atoms. The number of primary amides is 1. The van der Waals surface area contributed by atoms with Gasteiger partial charge in [-0.1, -0.05) is 24.3 Å². The second kappa shape index (κ2) is 8.93. The summed E-state index contributed by atoms with van der Waals surface area (Å²) in [6.45, 7) is 0. The average molecular weight is 520 g/mol. The number of fused-ring (bicyclic) bond motifs is 2. The molecule has 10 nitrogen and oxygen atoms in total. The Labute approximate surface area is 214 Å². The molecule has 1 unspecified atom stereocenters. The summed E-state index contributed by atoms with van der Waals surface area (Å²) in [6.07, 6.45) is 1.71. The summed E-state index contributed by atoms with van der Waals surface area (Å²) in [6, 6.07) is 16.7. The third-order valence-corrected chi connectivity index (χ3v) is 7.85. The summed E-state index contributed by atoms with van der Waals surface area (Å²) in [5.41, 5.74) is 9.84. The molecule has 1 fully saturated rings. The van der Waals surface area contributed by atoms with Crippen LogP contribution in [0.3, 0.4) is 0 Å². The lowest BCUT2D eigenvalue weighted by Gasteiger charge is -2.23. The zero-order chi connectivity index (χ0) is 26.5. The molecular formula is C26H25N5O5S. The average Bonchev–Trinajstić information content (AvgIpc) is 3.19. The van der Waals surface area contributed by atoms with E-state index in [0.717, 1.165) is 11.8 Å². The molecule has 3 aromatic carbocycles. The van der Waals surface area contributed by atoms with Gasteiger partial charge in [0.25, 0.3) is 5.91 Å². The maximum absolute atomic E-state index is 13.1. The first-order valence-electron chi connectivity index (χ1n) is 11.6. The SMILES string of the molecule is CN(c1ccccc1-c1ccc2c(c1)Nc1ccc(N3C(=O)CCC3C(N)=O)cc1NC2=O)S(C)(=O)=O. The number of hydrogen-bond donors (Lipinski definition) is 3. The summed E-state index contributed by atoms with van der Waals surface area (Å²) in [4.78, 5) is 38.8. The van der Waals surface area contributed by atoms with Gasteiger partial charge in [-0.3, -0.25) is 23.6 Å². The zero-order valence-electron chi connectivity index (χ0n) is 20.2. The Morgan fingerprint density at radius 2 is 1.73 bits per heavy atom. The lowest BCUT2D eigenvalue weighted by molar-refractivity contribution is -0.121. The molecule has 190 valence electrons. The number of anilines is 5. The third-order valence-electron chi connectivity index (χ3n) is 6.66. The van der Waals surface area contributed by atoms with E-state index >= 15 is 0 Å². The van der Waals surface area contributed by atoms with Crippen molar-refractivity contribution in [3.63, 3.8) is 0 Å². The molecule has 5 rings (SSSR count). The lowest BCUT2D eigenvalue weighted by atomic mass is 10.0. The molecule has 0 saturated carbocycles. The van der Waals surface area contributed by atoms with Gasteiger partial charge in [0.1, 0.15) is 6.04 Å². The van der Waals surface area contributed by atoms with E-state index in [1.807, 2.05) is 12.1 Å². The topological polar surface area (TPSA) is 142 Å². The Morgan fingerprint density at radius 1 is 0.973 bits per heavy atom. The van der Waals surface area contributed by atoms with Crippen LogP contribution in [0.5, 0.6) is 0 Å². The van der Waals surface area contributed by atoms with Crippen molar-refractivity contribution in [3.05, 3.63) is 66.2 Å². The number of carbonyl (C=O) groups excluding carboxylic acids is 3. The highest BCUT2D eigenvalue weighted by atomic mass is 32.2. The van der Waals surface area contributed by atoms with Crippen molar-refractivity contribution in [3.8, 4) is 11.1 Å². The van der Waals surface area contributed by atoms with Gasteiger partial charge in [-0.2, -0.15) is 0 Å². The van der Waals surface area contributed by atoms with Gasteiger partial charge in [-0.25, -0.2) is 8.42 Å². The Morgan fingerprint density at radius 3 is 2.46 bits per heavy atom. The molecule has 3 aromatic rings. The molecule has 0 aromatic heterocycles. The highest BCUT2D eigenvalue weighted by Gasteiger charge is 2.36. The highest BCUT2D eigenvalue weighted by molar-refractivity contribution is 7.92. The first-order chi connectivity index (χ1) is 17.5. The first kappa shape index (κ1) is 24.3. The van der Waals surface area contributed by atoms with E-state index in [4.69, 9.17) is 5.73 Å². The van der Waals surface area contributed by atoms with Crippen LogP contribution in [-0.4, -0.2) is 45.5 Å². The first-order valence-corrected chi connectivity index (χ1v) is 13.4. The van der Waals surface area contributed by atoms with Crippen LogP contribution in [0.15, 0.2) is 60.7 Å². The van der Waals surface area contributed by atoms with Crippen molar-refractivity contribution in [2.75, 3.05) is 33.1 Å². The van der Waals surface area contributed by atoms with Crippen LogP contribution in [-0.2, 0) is 19.6 Å². The summed E-state index contributed by atoms with van der Waals surface area (Å²) >= 11 is 0. The van der Waals surface area contributed by atoms with E-state index in [2.05, 4.69) is 10.6 Å². The fourth-order valence-corrected chi connectivity index (χ4v) is 5.21. The predicted octanol–water partition coefficient (Wildman–Crippen LogP) is 3.04. The minimum Gasteiger partial charge on any atom is -0.368 e. The normalized spacial score (nSPS) is 16.8. The number of benzene rings is 3. The molecule has 11 heteroatoms. The number of rotatable bonds is 5. The third kappa shape index (κ3) is 4.38. The fraction of sp³-hybridized carbons (Fsp3) is 0.192. The molecule has 2 heterocycles. The van der Waals surface area contributed by atoms with E-state index in [1.165, 1.54) is 16.3 Å². The zero-order valence-corrected chi connectivity index (χ0v) is 21.0. The Balaban J connectivity index is 1.53. The lowest BCUT2D eigenvalue weighted by Crippen LogP contribution is -2.42. The van der Waals surface area contributed by atoms with Crippen LogP contribution in [0.1, 0.15) is 23.2 Å². The minimum absolute atomic E-state index is 0.206. The molecule has 1 atom stereocenters. The molecule has 0 bridgehead atoms. The van der Waals surface area contributed by atoms with Crippen LogP contribution < -0.4 is 25.6 Å². The van der Waals surface area contributed by atoms with Gasteiger partial charge < -0.3 is 16.4 Å². The fourth-order valence-electron chi connectivity index (χ4n) is 4.69. The van der Waals surface area contributed by atoms with Crippen LogP contribution >= 0.6 is 0 Å². The molecule has 1 saturated heterocycles. The van der Waals surface area contributed by atoms with Crippen molar-refractivity contribution in [2.24, 2.45) is 5.73 Å². The summed E-state index contributed by atoms with van der Waals surface area (Å²) in [7, 11) is -2.00. The van der Waals surface area contributed by atoms with Crippen LogP contribution in [0.2, 0.25) is 0 Å². The molecular weight excluding hydrogens is 494 g/mol. The quantitative estimate of drug-likeness (QED) is 0.473. The Bertz CT molecular complexity index is 1570. The molecule has 3 amide bonds. The smallest absolute Gasteiger partial charge is 0.257 e. The largest absolute Gasteiger partial charge is 0.368 e. The van der Waals surface area contributed by atoms with E-state index in [9.17, 15) is 22.8 Å². The van der Waals surface area contributed by atoms with Gasteiger partial charge in [0.2, 0.25) is 21.8 Å². The van der Waals surface area contributed by atoms with Gasteiger partial charge in [0.15, 0.2) is 0 Å². The molecule has 0 radical (unpaired) electrons. The summed E-state index contributed by atoms with van der Waals surface area (Å²) in [5.74, 6) is -1.14. The Kier molecular flexibility index (Phi) is 5.87. The van der Waals surface area contributed by atoms with Crippen molar-refractivity contribution in [1.82, 2.24) is 0 Å². The molecule has 2 aliphatic heterocycles. The minimum atomic E-state index is -3.49. The highest BCUT2D eigenvalue weighted by Crippen LogP contribution is 2.39. The number of sulfonamides is 1. The van der Waals surface area contributed by atoms with Crippen LogP contribution in [0.4, 0.5) is 28.4 Å². The van der Waals surface area contributed by atoms with Crippen LogP contribution in [0, 0.1) is 0 Å². The van der Waals surface area contributed by atoms with Crippen LogP contribution in [0.25, 0.3) is 11.1 Å². The number of amides is 3. The summed E-state index contributed by atoms with van der Waals surface area (Å²) < 4.78 is 25.6. The van der Waals surface area contributed by atoms with Gasteiger partial charge >= 0.3 is 0 Å². The summed E-state index contributed by atoms with van der Waals surface area (Å²) in [5, 5.41) is 6.14. The number of nitrogens with zero attached hydrogens (tertiary/aromatic N) is 2. The second-order valence-electron chi connectivity index (χ2n) is 9.04. The number of hydrogen-bond acceptors (Lipinski definition) is 6. The van der Waals surface area contributed by atoms with Gasteiger partial charge in [0.05, 0.1) is 34.6 Å². The van der Waals surface area contributed by atoms with Gasteiger partial charge in [0, 0.05) is 24.7 Å². The molecule has 0 aliphatic carbocycles. The molecule has 4 N–H and O–H groups in total. The van der Waals surface area contributed by atoms with E-state index < -0.39 is 22.0 Å². The second-order valence-corrected chi connectivity index (χ2v) is 11.1. The van der Waals surface area contributed by atoms with Crippen molar-refractivity contribution in [2.45, 2.75) is 18.9 Å². The maximum Gasteiger partial charge on any atom is 0.257 e. The standard InChI is InChI=1S/C26H25N5O5S/c1-30(37(2,35)36)22-6-4-3-5-17(22)15-7-9-18-20(13-15)28-19-10-8-16(14-21(19)29-26(18)34)31-23(25(27)33)11-12-24(31)32/h3-10,13-14,23,28H,11-12H2,1-2H3,(H2,27,33)(H,29,34). The van der Waals surface area contributed by atoms with E-state index in [0.29, 0.717) is 46.0 Å². The molecule has 0 spiro atoms. The van der Waals surface area contributed by atoms with Crippen molar-refractivity contribution < 1.29 is 22.8 Å². The monoisotopic (exact) mass is 519 g/mol.